The number of carbonyl (C=O) groups is 1. The molecule has 0 aliphatic heterocycles. The van der Waals surface area contributed by atoms with Gasteiger partial charge in [-0.3, -0.25) is 4.79 Å². The molecule has 0 atom stereocenters. The topological polar surface area (TPSA) is 63.3 Å². The van der Waals surface area contributed by atoms with Crippen LogP contribution in [0.2, 0.25) is 0 Å². The summed E-state index contributed by atoms with van der Waals surface area (Å²) in [5.74, 6) is 0.990. The van der Waals surface area contributed by atoms with Crippen molar-refractivity contribution in [1.29, 1.82) is 0 Å². The molecule has 0 aliphatic carbocycles. The number of unbranched alkanes of at least 4 members (excludes halogenated alkanes) is 8. The van der Waals surface area contributed by atoms with Crippen molar-refractivity contribution in [3.05, 3.63) is 24.3 Å². The number of amides is 1. The highest BCUT2D eigenvalue weighted by Crippen LogP contribution is 2.23. The fourth-order valence-corrected chi connectivity index (χ4v) is 3.60. The van der Waals surface area contributed by atoms with Crippen LogP contribution in [0.15, 0.2) is 34.1 Å². The normalized spacial score (nSPS) is 10.8. The number of hydrogen-bond donors (Lipinski definition) is 2. The number of primary amides is 1. The van der Waals surface area contributed by atoms with Crippen molar-refractivity contribution in [2.45, 2.75) is 74.0 Å². The Morgan fingerprint density at radius 3 is 1.83 bits per heavy atom. The van der Waals surface area contributed by atoms with E-state index in [-0.39, 0.29) is 5.91 Å². The number of hydrogen-bond acceptors (Lipinski definition) is 4. The van der Waals surface area contributed by atoms with Gasteiger partial charge >= 0.3 is 0 Å². The van der Waals surface area contributed by atoms with Crippen molar-refractivity contribution >= 4 is 29.7 Å². The number of rotatable bonds is 14. The number of carbonyl (C=O) groups excluding carboxylic acids is 1. The van der Waals surface area contributed by atoms with E-state index in [2.05, 4.69) is 12.1 Å². The lowest BCUT2D eigenvalue weighted by atomic mass is 10.1. The van der Waals surface area contributed by atoms with Crippen molar-refractivity contribution in [3.8, 4) is 0 Å². The summed E-state index contributed by atoms with van der Waals surface area (Å²) in [6, 6.07) is 8.05. The van der Waals surface area contributed by atoms with Crippen molar-refractivity contribution in [2.75, 3.05) is 5.75 Å². The van der Waals surface area contributed by atoms with Crippen LogP contribution < -0.4 is 5.73 Å². The van der Waals surface area contributed by atoms with E-state index in [1.54, 1.807) is 0 Å². The minimum Gasteiger partial charge on any atom is -0.370 e. The van der Waals surface area contributed by atoms with Crippen molar-refractivity contribution in [2.24, 2.45) is 5.73 Å². The van der Waals surface area contributed by atoms with Gasteiger partial charge in [0, 0.05) is 28.3 Å². The molecule has 3 nitrogen and oxygen atoms in total. The Hall–Kier alpha value is -0.650. The number of thioether (sulfide) groups is 1. The maximum Gasteiger partial charge on any atom is 0.217 e. The van der Waals surface area contributed by atoms with E-state index in [0.717, 1.165) is 29.8 Å². The van der Waals surface area contributed by atoms with E-state index in [0.29, 0.717) is 6.42 Å². The lowest BCUT2D eigenvalue weighted by Crippen LogP contribution is -2.09. The Labute approximate surface area is 149 Å². The molecular formula is C18H29NO2S2. The standard InChI is InChI=1S/C18H29NO2S2/c19-18(20)10-8-6-4-2-1-3-5-7-9-15-22-16-11-13-17(23-21)14-12-16/h11-14,21H,1-10,15H2,(H2,19,20). The lowest BCUT2D eigenvalue weighted by Gasteiger charge is -2.04. The predicted molar refractivity (Wildman–Crippen MR) is 101 cm³/mol. The van der Waals surface area contributed by atoms with Crippen molar-refractivity contribution in [3.63, 3.8) is 0 Å². The summed E-state index contributed by atoms with van der Waals surface area (Å²) >= 11 is 2.69. The smallest absolute Gasteiger partial charge is 0.217 e. The van der Waals surface area contributed by atoms with Gasteiger partial charge in [0.25, 0.3) is 0 Å². The van der Waals surface area contributed by atoms with Crippen LogP contribution in [-0.4, -0.2) is 16.2 Å². The highest BCUT2D eigenvalue weighted by Gasteiger charge is 1.97. The minimum atomic E-state index is -0.175. The molecule has 5 heteroatoms. The van der Waals surface area contributed by atoms with Gasteiger partial charge in [0.05, 0.1) is 0 Å². The van der Waals surface area contributed by atoms with E-state index >= 15 is 0 Å². The summed E-state index contributed by atoms with van der Waals surface area (Å²) in [6.07, 6.45) is 11.7. The predicted octanol–water partition coefficient (Wildman–Crippen LogP) is 5.73. The fourth-order valence-electron chi connectivity index (χ4n) is 2.43. The molecule has 0 heterocycles. The largest absolute Gasteiger partial charge is 0.370 e. The Balaban J connectivity index is 1.85. The van der Waals surface area contributed by atoms with Crippen LogP contribution >= 0.6 is 23.8 Å². The van der Waals surface area contributed by atoms with Gasteiger partial charge in [-0.05, 0) is 42.9 Å². The monoisotopic (exact) mass is 355 g/mol. The third-order valence-corrected chi connectivity index (χ3v) is 5.35. The van der Waals surface area contributed by atoms with Gasteiger partial charge in [0.15, 0.2) is 0 Å². The second kappa shape index (κ2) is 13.8. The molecule has 0 spiro atoms. The average Bonchev–Trinajstić information content (AvgIpc) is 2.56. The van der Waals surface area contributed by atoms with Gasteiger partial charge in [0.1, 0.15) is 0 Å². The SMILES string of the molecule is NC(=O)CCCCCCCCCCCSc1ccc(SO)cc1. The molecule has 1 rings (SSSR count). The molecular weight excluding hydrogens is 326 g/mol. The Kier molecular flexibility index (Phi) is 12.2. The highest BCUT2D eigenvalue weighted by molar-refractivity contribution is 7.99. The molecule has 3 N–H and O–H groups in total. The minimum absolute atomic E-state index is 0.175. The molecule has 0 bridgehead atoms. The van der Waals surface area contributed by atoms with Crippen LogP contribution in [0.25, 0.3) is 0 Å². The summed E-state index contributed by atoms with van der Waals surface area (Å²) in [4.78, 5) is 12.8. The van der Waals surface area contributed by atoms with Gasteiger partial charge in [-0.15, -0.1) is 11.8 Å². The molecule has 0 radical (unpaired) electrons. The Morgan fingerprint density at radius 2 is 1.30 bits per heavy atom. The van der Waals surface area contributed by atoms with Crippen molar-refractivity contribution < 1.29 is 9.35 Å². The fraction of sp³-hybridized carbons (Fsp3) is 0.611. The molecule has 0 saturated carbocycles. The summed E-state index contributed by atoms with van der Waals surface area (Å²) in [5, 5.41) is 0. The van der Waals surface area contributed by atoms with Gasteiger partial charge in [-0.25, -0.2) is 0 Å². The first kappa shape index (κ1) is 20.4. The third kappa shape index (κ3) is 11.5. The molecule has 1 aromatic carbocycles. The molecule has 1 aromatic rings. The van der Waals surface area contributed by atoms with Crippen LogP contribution in [0.3, 0.4) is 0 Å². The van der Waals surface area contributed by atoms with Crippen molar-refractivity contribution in [1.82, 2.24) is 0 Å². The maximum absolute atomic E-state index is 10.6. The Morgan fingerprint density at radius 1 is 0.826 bits per heavy atom. The molecule has 0 fully saturated rings. The highest BCUT2D eigenvalue weighted by atomic mass is 32.2. The second-order valence-corrected chi connectivity index (χ2v) is 7.63. The summed E-state index contributed by atoms with van der Waals surface area (Å²) in [5.41, 5.74) is 5.11. The molecule has 1 amide bonds. The second-order valence-electron chi connectivity index (χ2n) is 5.81. The first-order valence-corrected chi connectivity index (χ1v) is 10.3. The summed E-state index contributed by atoms with van der Waals surface area (Å²) < 4.78 is 8.92. The van der Waals surface area contributed by atoms with E-state index < -0.39 is 0 Å². The molecule has 130 valence electrons. The maximum atomic E-state index is 10.6. The van der Waals surface area contributed by atoms with Gasteiger partial charge in [0.2, 0.25) is 5.91 Å². The van der Waals surface area contributed by atoms with Crippen LogP contribution in [0.1, 0.15) is 64.2 Å². The quantitative estimate of drug-likeness (QED) is 0.254. The van der Waals surface area contributed by atoms with Crippen LogP contribution in [0, 0.1) is 0 Å². The number of nitrogens with two attached hydrogens (primary N) is 1. The van der Waals surface area contributed by atoms with E-state index in [1.807, 2.05) is 23.9 Å². The zero-order chi connectivity index (χ0) is 16.8. The zero-order valence-electron chi connectivity index (χ0n) is 13.8. The van der Waals surface area contributed by atoms with Gasteiger partial charge < -0.3 is 10.3 Å². The van der Waals surface area contributed by atoms with E-state index in [1.165, 1.54) is 55.6 Å². The van der Waals surface area contributed by atoms with Gasteiger partial charge in [-0.2, -0.15) is 0 Å². The molecule has 0 aliphatic rings. The van der Waals surface area contributed by atoms with E-state index in [4.69, 9.17) is 10.3 Å². The van der Waals surface area contributed by atoms with Gasteiger partial charge in [-0.1, -0.05) is 44.9 Å². The summed E-state index contributed by atoms with van der Waals surface area (Å²) in [7, 11) is 0. The lowest BCUT2D eigenvalue weighted by molar-refractivity contribution is -0.118. The Bertz CT molecular complexity index is 424. The van der Waals surface area contributed by atoms with Crippen LogP contribution in [0.4, 0.5) is 0 Å². The average molecular weight is 356 g/mol. The molecule has 0 saturated heterocycles. The molecule has 0 unspecified atom stereocenters. The first-order valence-electron chi connectivity index (χ1n) is 8.55. The summed E-state index contributed by atoms with van der Waals surface area (Å²) in [6.45, 7) is 0. The molecule has 0 aromatic heterocycles. The first-order chi connectivity index (χ1) is 11.2. The van der Waals surface area contributed by atoms with E-state index in [9.17, 15) is 4.79 Å². The molecule has 23 heavy (non-hydrogen) atoms. The zero-order valence-corrected chi connectivity index (χ0v) is 15.5. The van der Waals surface area contributed by atoms with Crippen LogP contribution in [-0.2, 0) is 4.79 Å². The third-order valence-electron chi connectivity index (χ3n) is 3.77. The van der Waals surface area contributed by atoms with Crippen LogP contribution in [0.5, 0.6) is 0 Å². The number of benzene rings is 1.